The van der Waals surface area contributed by atoms with Gasteiger partial charge < -0.3 is 18.6 Å². The number of aromatic nitrogens is 1. The van der Waals surface area contributed by atoms with Crippen LogP contribution in [0.4, 0.5) is 13.9 Å². The number of benzene rings is 2. The summed E-state index contributed by atoms with van der Waals surface area (Å²) in [4.78, 5) is 28.2. The second-order valence-electron chi connectivity index (χ2n) is 6.55. The van der Waals surface area contributed by atoms with Crippen LogP contribution < -0.4 is 14.8 Å². The molecule has 8 nitrogen and oxygen atoms in total. The lowest BCUT2D eigenvalue weighted by atomic mass is 10.2. The molecule has 0 saturated heterocycles. The van der Waals surface area contributed by atoms with E-state index < -0.39 is 18.5 Å². The molecule has 2 aromatic carbocycles. The Morgan fingerprint density at radius 2 is 1.85 bits per heavy atom. The number of carbonyl (C=O) groups is 2. The molecule has 4 rings (SSSR count). The van der Waals surface area contributed by atoms with Gasteiger partial charge in [-0.1, -0.05) is 11.3 Å². The van der Waals surface area contributed by atoms with E-state index in [1.54, 1.807) is 30.3 Å². The SMILES string of the molecule is COC(=O)c1ccc(OCc2ccc(C(=O)Nc3nc4ccc(OC(F)F)cc4s3)o2)cc1. The number of nitrogens with zero attached hydrogens (tertiary/aromatic N) is 1. The predicted molar refractivity (Wildman–Crippen MR) is 115 cm³/mol. The Hall–Kier alpha value is -3.99. The minimum atomic E-state index is -2.93. The third-order valence-corrected chi connectivity index (χ3v) is 5.28. The second kappa shape index (κ2) is 9.65. The van der Waals surface area contributed by atoms with Crippen LogP contribution in [0.1, 0.15) is 26.7 Å². The summed E-state index contributed by atoms with van der Waals surface area (Å²) in [5.74, 6) is 0.0142. The summed E-state index contributed by atoms with van der Waals surface area (Å²) in [5.41, 5.74) is 0.929. The molecule has 4 aromatic rings. The lowest BCUT2D eigenvalue weighted by Gasteiger charge is -2.05. The largest absolute Gasteiger partial charge is 0.486 e. The molecule has 0 bridgehead atoms. The first-order valence-corrected chi connectivity index (χ1v) is 10.3. The molecule has 0 saturated carbocycles. The van der Waals surface area contributed by atoms with Gasteiger partial charge in [-0.15, -0.1) is 0 Å². The van der Waals surface area contributed by atoms with E-state index in [0.29, 0.717) is 27.3 Å². The number of alkyl halides is 2. The van der Waals surface area contributed by atoms with Crippen molar-refractivity contribution in [1.82, 2.24) is 4.98 Å². The van der Waals surface area contributed by atoms with Crippen molar-refractivity contribution in [2.75, 3.05) is 12.4 Å². The molecule has 0 aliphatic heterocycles. The van der Waals surface area contributed by atoms with Crippen LogP contribution in [0.15, 0.2) is 59.0 Å². The molecule has 33 heavy (non-hydrogen) atoms. The maximum atomic E-state index is 12.5. The van der Waals surface area contributed by atoms with E-state index in [4.69, 9.17) is 9.15 Å². The lowest BCUT2D eigenvalue weighted by molar-refractivity contribution is -0.0497. The third-order valence-electron chi connectivity index (χ3n) is 4.35. The second-order valence-corrected chi connectivity index (χ2v) is 7.58. The number of hydrogen-bond donors (Lipinski definition) is 1. The van der Waals surface area contributed by atoms with Gasteiger partial charge in [-0.3, -0.25) is 10.1 Å². The van der Waals surface area contributed by atoms with Gasteiger partial charge in [-0.05, 0) is 54.6 Å². The van der Waals surface area contributed by atoms with Gasteiger partial charge in [0.1, 0.15) is 23.9 Å². The number of carbonyl (C=O) groups excluding carboxylic acids is 2. The number of furan rings is 1. The zero-order valence-electron chi connectivity index (χ0n) is 17.0. The summed E-state index contributed by atoms with van der Waals surface area (Å²) in [7, 11) is 1.30. The van der Waals surface area contributed by atoms with Gasteiger partial charge >= 0.3 is 12.6 Å². The van der Waals surface area contributed by atoms with Crippen molar-refractivity contribution in [2.45, 2.75) is 13.2 Å². The van der Waals surface area contributed by atoms with Crippen LogP contribution in [0.25, 0.3) is 10.2 Å². The van der Waals surface area contributed by atoms with Crippen LogP contribution >= 0.6 is 11.3 Å². The highest BCUT2D eigenvalue weighted by molar-refractivity contribution is 7.22. The molecule has 2 aromatic heterocycles. The fourth-order valence-electron chi connectivity index (χ4n) is 2.83. The van der Waals surface area contributed by atoms with Gasteiger partial charge in [-0.25, -0.2) is 9.78 Å². The number of hydrogen-bond acceptors (Lipinski definition) is 8. The fraction of sp³-hybridized carbons (Fsp3) is 0.136. The van der Waals surface area contributed by atoms with Crippen molar-refractivity contribution in [3.05, 3.63) is 71.7 Å². The molecule has 0 fully saturated rings. The van der Waals surface area contributed by atoms with Crippen molar-refractivity contribution in [1.29, 1.82) is 0 Å². The van der Waals surface area contributed by atoms with E-state index in [1.807, 2.05) is 0 Å². The van der Waals surface area contributed by atoms with Crippen LogP contribution in [0.5, 0.6) is 11.5 Å². The van der Waals surface area contributed by atoms with E-state index in [0.717, 1.165) is 11.3 Å². The van der Waals surface area contributed by atoms with Gasteiger partial charge in [0.05, 0.1) is 22.9 Å². The average molecular weight is 474 g/mol. The summed E-state index contributed by atoms with van der Waals surface area (Å²) < 4.78 is 45.4. The Morgan fingerprint density at radius 3 is 2.58 bits per heavy atom. The Balaban J connectivity index is 1.36. The maximum Gasteiger partial charge on any atom is 0.387 e. The third kappa shape index (κ3) is 5.44. The highest BCUT2D eigenvalue weighted by Crippen LogP contribution is 2.30. The Bertz CT molecular complexity index is 1290. The van der Waals surface area contributed by atoms with E-state index in [2.05, 4.69) is 19.8 Å². The first-order chi connectivity index (χ1) is 15.9. The summed E-state index contributed by atoms with van der Waals surface area (Å²) in [5, 5.41) is 2.90. The summed E-state index contributed by atoms with van der Waals surface area (Å²) in [6.45, 7) is -2.86. The average Bonchev–Trinajstić information content (AvgIpc) is 3.43. The Kier molecular flexibility index (Phi) is 6.50. The van der Waals surface area contributed by atoms with Crippen LogP contribution in [-0.4, -0.2) is 30.6 Å². The van der Waals surface area contributed by atoms with Gasteiger partial charge in [0.25, 0.3) is 5.91 Å². The zero-order valence-corrected chi connectivity index (χ0v) is 17.9. The molecule has 2 heterocycles. The van der Waals surface area contributed by atoms with Gasteiger partial charge in [0, 0.05) is 0 Å². The molecule has 0 aliphatic carbocycles. The van der Waals surface area contributed by atoms with Crippen molar-refractivity contribution >= 4 is 38.6 Å². The van der Waals surface area contributed by atoms with Crippen LogP contribution in [0.3, 0.4) is 0 Å². The van der Waals surface area contributed by atoms with Gasteiger partial charge in [-0.2, -0.15) is 8.78 Å². The minimum Gasteiger partial charge on any atom is -0.486 e. The number of halogens is 2. The summed E-state index contributed by atoms with van der Waals surface area (Å²) in [6.07, 6.45) is 0. The number of methoxy groups -OCH3 is 1. The van der Waals surface area contributed by atoms with E-state index >= 15 is 0 Å². The molecule has 11 heteroatoms. The topological polar surface area (TPSA) is 99.9 Å². The molecule has 0 radical (unpaired) electrons. The first-order valence-electron chi connectivity index (χ1n) is 9.48. The van der Waals surface area contributed by atoms with Crippen molar-refractivity contribution in [3.8, 4) is 11.5 Å². The molecule has 0 spiro atoms. The smallest absolute Gasteiger partial charge is 0.387 e. The summed E-state index contributed by atoms with van der Waals surface area (Å²) in [6, 6.07) is 13.8. The Morgan fingerprint density at radius 1 is 1.09 bits per heavy atom. The molecule has 1 N–H and O–H groups in total. The minimum absolute atomic E-state index is 0.00893. The van der Waals surface area contributed by atoms with Crippen molar-refractivity contribution in [3.63, 3.8) is 0 Å². The number of rotatable bonds is 8. The molecule has 170 valence electrons. The molecule has 0 atom stereocenters. The first kappa shape index (κ1) is 22.2. The predicted octanol–water partition coefficient (Wildman–Crippen LogP) is 5.11. The summed E-state index contributed by atoms with van der Waals surface area (Å²) >= 11 is 1.11. The maximum absolute atomic E-state index is 12.5. The van der Waals surface area contributed by atoms with E-state index in [-0.39, 0.29) is 23.2 Å². The van der Waals surface area contributed by atoms with Crippen LogP contribution in [0, 0.1) is 0 Å². The molecule has 1 amide bonds. The van der Waals surface area contributed by atoms with Crippen LogP contribution in [0.2, 0.25) is 0 Å². The highest BCUT2D eigenvalue weighted by Gasteiger charge is 2.15. The standard InChI is InChI=1S/C22H16F2N2O6S/c1-29-20(28)12-2-4-13(5-3-12)30-11-15-7-9-17(31-15)19(27)26-22-25-16-8-6-14(32-21(23)24)10-18(16)33-22/h2-10,21H,11H2,1H3,(H,25,26,27). The monoisotopic (exact) mass is 474 g/mol. The number of thiazole rings is 1. The number of fused-ring (bicyclic) bond motifs is 1. The van der Waals surface area contributed by atoms with Gasteiger partial charge in [0.15, 0.2) is 10.9 Å². The molecular weight excluding hydrogens is 458 g/mol. The van der Waals surface area contributed by atoms with Crippen molar-refractivity contribution in [2.24, 2.45) is 0 Å². The van der Waals surface area contributed by atoms with Crippen molar-refractivity contribution < 1.29 is 37.0 Å². The lowest BCUT2D eigenvalue weighted by Crippen LogP contribution is -2.10. The fourth-order valence-corrected chi connectivity index (χ4v) is 3.72. The normalized spacial score (nSPS) is 10.9. The van der Waals surface area contributed by atoms with E-state index in [9.17, 15) is 18.4 Å². The number of anilines is 1. The molecule has 0 aliphatic rings. The zero-order chi connectivity index (χ0) is 23.4. The van der Waals surface area contributed by atoms with Gasteiger partial charge in [0.2, 0.25) is 0 Å². The Labute approximate surface area is 189 Å². The highest BCUT2D eigenvalue weighted by atomic mass is 32.1. The number of ether oxygens (including phenoxy) is 3. The molecule has 0 unspecified atom stereocenters. The molecular formula is C22H16F2N2O6S. The quantitative estimate of drug-likeness (QED) is 0.354. The number of nitrogens with one attached hydrogen (secondary N) is 1. The number of esters is 1. The number of amides is 1. The van der Waals surface area contributed by atoms with E-state index in [1.165, 1.54) is 31.4 Å². The van der Waals surface area contributed by atoms with Crippen LogP contribution in [-0.2, 0) is 11.3 Å².